The molecule has 1 N–H and O–H groups in total. The molecule has 29 heavy (non-hydrogen) atoms. The Morgan fingerprint density at radius 1 is 1.10 bits per heavy atom. The summed E-state index contributed by atoms with van der Waals surface area (Å²) in [7, 11) is 0. The molecule has 0 bridgehead atoms. The minimum absolute atomic E-state index is 0.0448. The SMILES string of the molecule is [C-]#[N+]c1c(-c2ccccc2)n(CCOC(=O)c2ccccc2)c2c(=O)[nH]cnc12. The lowest BCUT2D eigenvalue weighted by molar-refractivity contribution is 0.0493. The number of rotatable bonds is 5. The second-order valence-electron chi connectivity index (χ2n) is 6.26. The third-order valence-corrected chi connectivity index (χ3v) is 4.53. The minimum atomic E-state index is -0.444. The Morgan fingerprint density at radius 2 is 1.79 bits per heavy atom. The predicted molar refractivity (Wildman–Crippen MR) is 109 cm³/mol. The van der Waals surface area contributed by atoms with Gasteiger partial charge in [-0.05, 0) is 17.7 Å². The number of esters is 1. The monoisotopic (exact) mass is 384 g/mol. The van der Waals surface area contributed by atoms with Crippen LogP contribution in [0.15, 0.2) is 71.8 Å². The first-order valence-corrected chi connectivity index (χ1v) is 8.95. The van der Waals surface area contributed by atoms with Gasteiger partial charge in [0.15, 0.2) is 0 Å². The summed E-state index contributed by atoms with van der Waals surface area (Å²) in [4.78, 5) is 35.1. The van der Waals surface area contributed by atoms with Crippen LogP contribution in [0.2, 0.25) is 0 Å². The van der Waals surface area contributed by atoms with E-state index in [9.17, 15) is 9.59 Å². The third-order valence-electron chi connectivity index (χ3n) is 4.53. The van der Waals surface area contributed by atoms with E-state index in [0.717, 1.165) is 5.56 Å². The van der Waals surface area contributed by atoms with Gasteiger partial charge in [0.05, 0.1) is 30.7 Å². The highest BCUT2D eigenvalue weighted by atomic mass is 16.5. The molecule has 0 saturated heterocycles. The Morgan fingerprint density at radius 3 is 2.48 bits per heavy atom. The lowest BCUT2D eigenvalue weighted by Gasteiger charge is -2.12. The second kappa shape index (κ2) is 7.82. The molecule has 4 aromatic rings. The summed E-state index contributed by atoms with van der Waals surface area (Å²) in [5.41, 5.74) is 2.38. The third kappa shape index (κ3) is 3.39. The summed E-state index contributed by atoms with van der Waals surface area (Å²) in [5, 5.41) is 0. The van der Waals surface area contributed by atoms with E-state index in [1.54, 1.807) is 28.8 Å². The zero-order chi connectivity index (χ0) is 20.2. The average Bonchev–Trinajstić information content (AvgIpc) is 3.09. The highest BCUT2D eigenvalue weighted by molar-refractivity contribution is 5.99. The van der Waals surface area contributed by atoms with Crippen LogP contribution in [-0.4, -0.2) is 27.1 Å². The molecular formula is C22H16N4O3. The van der Waals surface area contributed by atoms with Crippen LogP contribution in [0, 0.1) is 6.57 Å². The molecule has 0 unspecified atom stereocenters. The largest absolute Gasteiger partial charge is 0.460 e. The van der Waals surface area contributed by atoms with Crippen molar-refractivity contribution in [3.8, 4) is 11.3 Å². The molecule has 0 radical (unpaired) electrons. The van der Waals surface area contributed by atoms with Crippen LogP contribution in [0.4, 0.5) is 5.69 Å². The summed E-state index contributed by atoms with van der Waals surface area (Å²) in [6.07, 6.45) is 1.29. The van der Waals surface area contributed by atoms with Gasteiger partial charge in [-0.1, -0.05) is 48.5 Å². The maximum atomic E-state index is 12.5. The number of aromatic nitrogens is 3. The van der Waals surface area contributed by atoms with Gasteiger partial charge in [0, 0.05) is 0 Å². The lowest BCUT2D eigenvalue weighted by atomic mass is 10.1. The molecule has 4 rings (SSSR count). The Bertz CT molecular complexity index is 1270. The molecule has 0 saturated carbocycles. The number of nitrogens with zero attached hydrogens (tertiary/aromatic N) is 3. The number of nitrogens with one attached hydrogen (secondary N) is 1. The Balaban J connectivity index is 1.74. The molecule has 0 atom stereocenters. The summed E-state index contributed by atoms with van der Waals surface area (Å²) in [5.74, 6) is -0.444. The normalized spacial score (nSPS) is 10.6. The maximum absolute atomic E-state index is 12.5. The molecule has 2 aromatic heterocycles. The second-order valence-corrected chi connectivity index (χ2v) is 6.26. The smallest absolute Gasteiger partial charge is 0.338 e. The highest BCUT2D eigenvalue weighted by Crippen LogP contribution is 2.37. The van der Waals surface area contributed by atoms with Crippen LogP contribution >= 0.6 is 0 Å². The average molecular weight is 384 g/mol. The van der Waals surface area contributed by atoms with Crippen LogP contribution in [0.1, 0.15) is 10.4 Å². The Hall–Kier alpha value is -4.18. The van der Waals surface area contributed by atoms with Crippen molar-refractivity contribution in [1.82, 2.24) is 14.5 Å². The summed E-state index contributed by atoms with van der Waals surface area (Å²) in [6, 6.07) is 18.0. The molecule has 0 aliphatic carbocycles. The van der Waals surface area contributed by atoms with Crippen LogP contribution < -0.4 is 5.56 Å². The van der Waals surface area contributed by atoms with Crippen molar-refractivity contribution in [1.29, 1.82) is 0 Å². The highest BCUT2D eigenvalue weighted by Gasteiger charge is 2.22. The Kier molecular flexibility index (Phi) is 4.91. The quantitative estimate of drug-likeness (QED) is 0.419. The fourth-order valence-electron chi connectivity index (χ4n) is 3.27. The van der Waals surface area contributed by atoms with E-state index in [2.05, 4.69) is 14.8 Å². The topological polar surface area (TPSA) is 81.3 Å². The number of fused-ring (bicyclic) bond motifs is 1. The van der Waals surface area contributed by atoms with Crippen LogP contribution in [-0.2, 0) is 11.3 Å². The molecule has 0 amide bonds. The van der Waals surface area contributed by atoms with Gasteiger partial charge >= 0.3 is 5.97 Å². The molecule has 0 spiro atoms. The number of hydrogen-bond acceptors (Lipinski definition) is 4. The fraction of sp³-hybridized carbons (Fsp3) is 0.0909. The molecule has 7 nitrogen and oxygen atoms in total. The van der Waals surface area contributed by atoms with Gasteiger partial charge in [-0.25, -0.2) is 14.6 Å². The van der Waals surface area contributed by atoms with Gasteiger partial charge in [-0.15, -0.1) is 0 Å². The molecule has 2 heterocycles. The van der Waals surface area contributed by atoms with Crippen molar-refractivity contribution in [2.45, 2.75) is 6.54 Å². The number of H-pyrrole nitrogens is 1. The lowest BCUT2D eigenvalue weighted by Crippen LogP contribution is -2.16. The van der Waals surface area contributed by atoms with Crippen molar-refractivity contribution < 1.29 is 9.53 Å². The summed E-state index contributed by atoms with van der Waals surface area (Å²) in [6.45, 7) is 7.89. The number of carbonyl (C=O) groups is 1. The van der Waals surface area contributed by atoms with Crippen molar-refractivity contribution in [3.05, 3.63) is 94.3 Å². The summed E-state index contributed by atoms with van der Waals surface area (Å²) < 4.78 is 7.08. The van der Waals surface area contributed by atoms with Gasteiger partial charge in [0.25, 0.3) is 5.56 Å². The zero-order valence-electron chi connectivity index (χ0n) is 15.3. The van der Waals surface area contributed by atoms with Crippen molar-refractivity contribution in [2.75, 3.05) is 6.61 Å². The first kappa shape index (κ1) is 18.2. The Labute approximate surface area is 166 Å². The summed E-state index contributed by atoms with van der Waals surface area (Å²) >= 11 is 0. The van der Waals surface area contributed by atoms with E-state index in [1.807, 2.05) is 36.4 Å². The molecule has 0 aliphatic rings. The molecular weight excluding hydrogens is 368 g/mol. The van der Waals surface area contributed by atoms with E-state index < -0.39 is 5.97 Å². The van der Waals surface area contributed by atoms with E-state index >= 15 is 0 Å². The molecule has 2 aromatic carbocycles. The standard InChI is InChI=1S/C22H16N4O3/c1-23-17-18-20(21(27)25-14-24-18)26(19(17)15-8-4-2-5-9-15)12-13-29-22(28)16-10-6-3-7-11-16/h2-11,14H,12-13H2,(H,24,25,27). The first-order chi connectivity index (χ1) is 14.2. The van der Waals surface area contributed by atoms with E-state index in [4.69, 9.17) is 11.3 Å². The minimum Gasteiger partial charge on any atom is -0.460 e. The van der Waals surface area contributed by atoms with Gasteiger partial charge in [-0.3, -0.25) is 4.79 Å². The van der Waals surface area contributed by atoms with Crippen molar-refractivity contribution >= 4 is 22.7 Å². The van der Waals surface area contributed by atoms with Gasteiger partial charge in [0.2, 0.25) is 5.69 Å². The van der Waals surface area contributed by atoms with Gasteiger partial charge in [0.1, 0.15) is 17.6 Å². The molecule has 7 heteroatoms. The van der Waals surface area contributed by atoms with Crippen LogP contribution in [0.25, 0.3) is 27.1 Å². The number of aromatic amines is 1. The molecule has 0 aliphatic heterocycles. The number of benzene rings is 2. The number of hydrogen-bond donors (Lipinski definition) is 1. The number of carbonyl (C=O) groups excluding carboxylic acids is 1. The molecule has 0 fully saturated rings. The predicted octanol–water partition coefficient (Wildman–Crippen LogP) is 3.80. The van der Waals surface area contributed by atoms with E-state index in [0.29, 0.717) is 22.5 Å². The zero-order valence-corrected chi connectivity index (χ0v) is 15.3. The molecule has 142 valence electrons. The van der Waals surface area contributed by atoms with Crippen molar-refractivity contribution in [2.24, 2.45) is 0 Å². The van der Waals surface area contributed by atoms with E-state index in [1.165, 1.54) is 6.33 Å². The fourth-order valence-corrected chi connectivity index (χ4v) is 3.27. The number of ether oxygens (including phenoxy) is 1. The van der Waals surface area contributed by atoms with Crippen LogP contribution in [0.3, 0.4) is 0 Å². The maximum Gasteiger partial charge on any atom is 0.338 e. The van der Waals surface area contributed by atoms with Crippen molar-refractivity contribution in [3.63, 3.8) is 0 Å². The van der Waals surface area contributed by atoms with E-state index in [-0.39, 0.29) is 24.2 Å². The van der Waals surface area contributed by atoms with Crippen LogP contribution in [0.5, 0.6) is 0 Å². The first-order valence-electron chi connectivity index (χ1n) is 8.95. The van der Waals surface area contributed by atoms with Gasteiger partial charge < -0.3 is 14.3 Å². The van der Waals surface area contributed by atoms with Gasteiger partial charge in [-0.2, -0.15) is 0 Å².